The number of aryl methyl sites for hydroxylation is 2. The van der Waals surface area contributed by atoms with Crippen LogP contribution in [0.15, 0.2) is 29.4 Å². The lowest BCUT2D eigenvalue weighted by atomic mass is 10.0. The van der Waals surface area contributed by atoms with Crippen molar-refractivity contribution in [3.8, 4) is 0 Å². The number of thioether (sulfide) groups is 1. The SMILES string of the molecule is Cc1ccc(C(=O)CSc2cn[nH]n2)c(C)c1. The minimum atomic E-state index is 0.121. The smallest absolute Gasteiger partial charge is 0.173 e. The summed E-state index contributed by atoms with van der Waals surface area (Å²) in [5, 5.41) is 10.8. The minimum absolute atomic E-state index is 0.121. The van der Waals surface area contributed by atoms with Crippen LogP contribution in [0.3, 0.4) is 0 Å². The molecular weight excluding hydrogens is 234 g/mol. The molecule has 0 atom stereocenters. The molecule has 1 aromatic carbocycles. The maximum absolute atomic E-state index is 12.0. The van der Waals surface area contributed by atoms with Crippen LogP contribution >= 0.6 is 11.8 Å². The second-order valence-corrected chi connectivity index (χ2v) is 4.83. The van der Waals surface area contributed by atoms with Gasteiger partial charge < -0.3 is 0 Å². The highest BCUT2D eigenvalue weighted by Crippen LogP contribution is 2.17. The summed E-state index contributed by atoms with van der Waals surface area (Å²) in [6, 6.07) is 5.87. The molecule has 1 N–H and O–H groups in total. The number of hydrogen-bond acceptors (Lipinski definition) is 4. The number of aromatic amines is 1. The molecule has 0 saturated heterocycles. The Bertz CT molecular complexity index is 523. The number of ketones is 1. The Labute approximate surface area is 104 Å². The maximum atomic E-state index is 12.0. The van der Waals surface area contributed by atoms with Gasteiger partial charge in [0.05, 0.1) is 11.9 Å². The van der Waals surface area contributed by atoms with Gasteiger partial charge in [0.2, 0.25) is 0 Å². The highest BCUT2D eigenvalue weighted by molar-refractivity contribution is 7.99. The van der Waals surface area contributed by atoms with E-state index >= 15 is 0 Å². The first kappa shape index (κ1) is 11.9. The number of nitrogens with one attached hydrogen (secondary N) is 1. The van der Waals surface area contributed by atoms with Crippen molar-refractivity contribution in [3.63, 3.8) is 0 Å². The Kier molecular flexibility index (Phi) is 3.58. The lowest BCUT2D eigenvalue weighted by molar-refractivity contribution is 0.102. The van der Waals surface area contributed by atoms with E-state index in [2.05, 4.69) is 15.4 Å². The molecule has 0 aliphatic carbocycles. The normalized spacial score (nSPS) is 10.5. The van der Waals surface area contributed by atoms with E-state index in [1.54, 1.807) is 6.20 Å². The Hall–Kier alpha value is -1.62. The molecule has 1 aromatic heterocycles. The predicted octanol–water partition coefficient (Wildman–Crippen LogP) is 2.40. The molecule has 0 fully saturated rings. The standard InChI is InChI=1S/C12H13N3OS/c1-8-3-4-10(9(2)5-8)11(16)7-17-12-6-13-15-14-12/h3-6H,7H2,1-2H3,(H,13,14,15). The fourth-order valence-electron chi connectivity index (χ4n) is 1.60. The molecule has 0 unspecified atom stereocenters. The van der Waals surface area contributed by atoms with Crippen LogP contribution in [0.25, 0.3) is 0 Å². The van der Waals surface area contributed by atoms with E-state index in [4.69, 9.17) is 0 Å². The molecule has 0 aliphatic rings. The highest BCUT2D eigenvalue weighted by atomic mass is 32.2. The van der Waals surface area contributed by atoms with Gasteiger partial charge in [-0.25, -0.2) is 0 Å². The average molecular weight is 247 g/mol. The van der Waals surface area contributed by atoms with Gasteiger partial charge in [0.15, 0.2) is 5.78 Å². The summed E-state index contributed by atoms with van der Waals surface area (Å²) < 4.78 is 0. The fraction of sp³-hybridized carbons (Fsp3) is 0.250. The first-order valence-electron chi connectivity index (χ1n) is 5.26. The van der Waals surface area contributed by atoms with Gasteiger partial charge in [-0.2, -0.15) is 10.3 Å². The number of rotatable bonds is 4. The molecule has 0 saturated carbocycles. The zero-order valence-electron chi connectivity index (χ0n) is 9.73. The summed E-state index contributed by atoms with van der Waals surface area (Å²) in [5.74, 6) is 0.506. The molecule has 0 spiro atoms. The van der Waals surface area contributed by atoms with Crippen molar-refractivity contribution in [2.75, 3.05) is 5.75 Å². The fourth-order valence-corrected chi connectivity index (χ4v) is 2.27. The van der Waals surface area contributed by atoms with E-state index in [1.807, 2.05) is 32.0 Å². The van der Waals surface area contributed by atoms with Crippen molar-refractivity contribution in [1.29, 1.82) is 0 Å². The van der Waals surface area contributed by atoms with E-state index in [0.29, 0.717) is 5.75 Å². The van der Waals surface area contributed by atoms with Crippen LogP contribution in [-0.4, -0.2) is 26.9 Å². The van der Waals surface area contributed by atoms with E-state index in [-0.39, 0.29) is 5.78 Å². The average Bonchev–Trinajstić information content (AvgIpc) is 2.78. The van der Waals surface area contributed by atoms with Crippen LogP contribution in [0.5, 0.6) is 0 Å². The van der Waals surface area contributed by atoms with E-state index in [9.17, 15) is 4.79 Å². The zero-order valence-corrected chi connectivity index (χ0v) is 10.5. The van der Waals surface area contributed by atoms with Crippen molar-refractivity contribution < 1.29 is 4.79 Å². The quantitative estimate of drug-likeness (QED) is 0.665. The molecule has 2 aromatic rings. The molecule has 2 rings (SSSR count). The lowest BCUT2D eigenvalue weighted by Crippen LogP contribution is -2.04. The molecule has 1 heterocycles. The molecule has 0 amide bonds. The monoisotopic (exact) mass is 247 g/mol. The Morgan fingerprint density at radius 1 is 1.41 bits per heavy atom. The number of H-pyrrole nitrogens is 1. The summed E-state index contributed by atoms with van der Waals surface area (Å²) in [5.41, 5.74) is 2.98. The van der Waals surface area contributed by atoms with Crippen LogP contribution in [0.1, 0.15) is 21.5 Å². The second kappa shape index (κ2) is 5.14. The second-order valence-electron chi connectivity index (χ2n) is 3.84. The number of nitrogens with zero attached hydrogens (tertiary/aromatic N) is 2. The summed E-state index contributed by atoms with van der Waals surface area (Å²) >= 11 is 1.39. The Morgan fingerprint density at radius 2 is 2.24 bits per heavy atom. The van der Waals surface area contributed by atoms with Crippen LogP contribution in [0.2, 0.25) is 0 Å². The highest BCUT2D eigenvalue weighted by Gasteiger charge is 2.10. The molecule has 17 heavy (non-hydrogen) atoms. The molecule has 0 bridgehead atoms. The van der Waals surface area contributed by atoms with Gasteiger partial charge in [-0.1, -0.05) is 35.5 Å². The number of carbonyl (C=O) groups excluding carboxylic acids is 1. The Balaban J connectivity index is 2.04. The van der Waals surface area contributed by atoms with Gasteiger partial charge in [0.25, 0.3) is 0 Å². The topological polar surface area (TPSA) is 58.6 Å². The van der Waals surface area contributed by atoms with Crippen LogP contribution in [0, 0.1) is 13.8 Å². The van der Waals surface area contributed by atoms with Crippen molar-refractivity contribution in [2.45, 2.75) is 18.9 Å². The maximum Gasteiger partial charge on any atom is 0.173 e. The molecule has 5 heteroatoms. The predicted molar refractivity (Wildman–Crippen MR) is 67.4 cm³/mol. The van der Waals surface area contributed by atoms with Gasteiger partial charge in [0, 0.05) is 5.56 Å². The molecule has 88 valence electrons. The number of aromatic nitrogens is 3. The lowest BCUT2D eigenvalue weighted by Gasteiger charge is -2.04. The van der Waals surface area contributed by atoms with Crippen molar-refractivity contribution >= 4 is 17.5 Å². The third kappa shape index (κ3) is 2.94. The first-order chi connectivity index (χ1) is 8.16. The molecule has 4 nitrogen and oxygen atoms in total. The van der Waals surface area contributed by atoms with Gasteiger partial charge in [-0.05, 0) is 19.4 Å². The van der Waals surface area contributed by atoms with Crippen molar-refractivity contribution in [1.82, 2.24) is 15.4 Å². The first-order valence-corrected chi connectivity index (χ1v) is 6.24. The van der Waals surface area contributed by atoms with Crippen LogP contribution < -0.4 is 0 Å². The third-order valence-electron chi connectivity index (χ3n) is 2.43. The van der Waals surface area contributed by atoms with Crippen molar-refractivity contribution in [2.24, 2.45) is 0 Å². The summed E-state index contributed by atoms with van der Waals surface area (Å²) in [7, 11) is 0. The van der Waals surface area contributed by atoms with Gasteiger partial charge in [-0.15, -0.1) is 5.10 Å². The number of carbonyl (C=O) groups is 1. The summed E-state index contributed by atoms with van der Waals surface area (Å²) in [4.78, 5) is 12.0. The molecule has 0 radical (unpaired) electrons. The van der Waals surface area contributed by atoms with E-state index in [0.717, 1.165) is 16.2 Å². The van der Waals surface area contributed by atoms with E-state index in [1.165, 1.54) is 17.3 Å². The van der Waals surface area contributed by atoms with Crippen LogP contribution in [0.4, 0.5) is 0 Å². The molecular formula is C12H13N3OS. The zero-order chi connectivity index (χ0) is 12.3. The van der Waals surface area contributed by atoms with Crippen molar-refractivity contribution in [3.05, 3.63) is 41.1 Å². The van der Waals surface area contributed by atoms with Gasteiger partial charge >= 0.3 is 0 Å². The minimum Gasteiger partial charge on any atom is -0.293 e. The van der Waals surface area contributed by atoms with Gasteiger partial charge in [0.1, 0.15) is 5.03 Å². The number of Topliss-reactive ketones (excluding diaryl/α,β-unsaturated/α-hetero) is 1. The third-order valence-corrected chi connectivity index (χ3v) is 3.33. The van der Waals surface area contributed by atoms with Gasteiger partial charge in [-0.3, -0.25) is 4.79 Å². The Morgan fingerprint density at radius 3 is 2.88 bits per heavy atom. The van der Waals surface area contributed by atoms with E-state index < -0.39 is 0 Å². The number of benzene rings is 1. The summed E-state index contributed by atoms with van der Waals surface area (Å²) in [6.07, 6.45) is 1.61. The summed E-state index contributed by atoms with van der Waals surface area (Å²) in [6.45, 7) is 3.98. The molecule has 0 aliphatic heterocycles. The largest absolute Gasteiger partial charge is 0.293 e. The number of hydrogen-bond donors (Lipinski definition) is 1. The van der Waals surface area contributed by atoms with Crippen LogP contribution in [-0.2, 0) is 0 Å².